The van der Waals surface area contributed by atoms with Gasteiger partial charge < -0.3 is 33.7 Å². The Kier molecular flexibility index (Phi) is 8.06. The third kappa shape index (κ3) is 6.76. The fourth-order valence-corrected chi connectivity index (χ4v) is 3.53. The maximum atomic E-state index is 12.2. The molecule has 0 saturated carbocycles. The summed E-state index contributed by atoms with van der Waals surface area (Å²) in [7, 11) is 3.23. The Morgan fingerprint density at radius 2 is 1.24 bits per heavy atom. The number of hydrogen-bond donors (Lipinski definition) is 1. The molecule has 1 aliphatic heterocycles. The van der Waals surface area contributed by atoms with Gasteiger partial charge in [-0.25, -0.2) is 9.59 Å². The van der Waals surface area contributed by atoms with Crippen LogP contribution in [0, 0.1) is 0 Å². The molecule has 0 aliphatic carbocycles. The molecular weight excluding hydrogens is 490 g/mol. The van der Waals surface area contributed by atoms with Crippen molar-refractivity contribution in [2.75, 3.05) is 19.5 Å². The number of anilines is 1. The molecular formula is C29H29NO8. The molecule has 0 atom stereocenters. The summed E-state index contributed by atoms with van der Waals surface area (Å²) in [5.74, 6) is -0.353. The molecule has 0 amide bonds. The van der Waals surface area contributed by atoms with Gasteiger partial charge in [0, 0.05) is 31.8 Å². The molecule has 198 valence electrons. The summed E-state index contributed by atoms with van der Waals surface area (Å²) in [4.78, 5) is 24.5. The number of cyclic esters (lactones) is 2. The minimum absolute atomic E-state index is 0.246. The van der Waals surface area contributed by atoms with E-state index in [0.29, 0.717) is 23.8 Å². The van der Waals surface area contributed by atoms with Crippen molar-refractivity contribution in [3.63, 3.8) is 0 Å². The average molecular weight is 520 g/mol. The van der Waals surface area contributed by atoms with Crippen molar-refractivity contribution < 1.29 is 38.0 Å². The molecule has 4 rings (SSSR count). The molecule has 0 bridgehead atoms. The fraction of sp³-hybridized carbons (Fsp3) is 0.241. The highest BCUT2D eigenvalue weighted by atomic mass is 16.7. The number of nitrogens with one attached hydrogen (secondary N) is 1. The molecule has 0 radical (unpaired) electrons. The highest BCUT2D eigenvalue weighted by Gasteiger charge is 2.38. The summed E-state index contributed by atoms with van der Waals surface area (Å²) in [6.45, 7) is 3.57. The van der Waals surface area contributed by atoms with Gasteiger partial charge in [-0.2, -0.15) is 0 Å². The normalized spacial score (nSPS) is 14.2. The van der Waals surface area contributed by atoms with Crippen molar-refractivity contribution in [2.24, 2.45) is 0 Å². The van der Waals surface area contributed by atoms with E-state index in [1.165, 1.54) is 20.0 Å². The van der Waals surface area contributed by atoms with Gasteiger partial charge in [-0.1, -0.05) is 24.3 Å². The Balaban J connectivity index is 1.52. The Hall–Kier alpha value is -4.66. The number of methoxy groups -OCH3 is 2. The summed E-state index contributed by atoms with van der Waals surface area (Å²) in [5, 5.41) is 2.94. The van der Waals surface area contributed by atoms with E-state index >= 15 is 0 Å². The van der Waals surface area contributed by atoms with Crippen LogP contribution in [0.4, 0.5) is 5.69 Å². The van der Waals surface area contributed by atoms with E-state index in [1.54, 1.807) is 32.4 Å². The van der Waals surface area contributed by atoms with Crippen molar-refractivity contribution in [3.8, 4) is 23.0 Å². The lowest BCUT2D eigenvalue weighted by molar-refractivity contribution is -0.222. The van der Waals surface area contributed by atoms with Crippen LogP contribution in [0.2, 0.25) is 0 Å². The van der Waals surface area contributed by atoms with Crippen LogP contribution in [0.5, 0.6) is 23.0 Å². The second-order valence-electron chi connectivity index (χ2n) is 8.82. The van der Waals surface area contributed by atoms with Gasteiger partial charge in [-0.3, -0.25) is 0 Å². The summed E-state index contributed by atoms with van der Waals surface area (Å²) in [6, 6.07) is 20.3. The van der Waals surface area contributed by atoms with Gasteiger partial charge >= 0.3 is 11.9 Å². The summed E-state index contributed by atoms with van der Waals surface area (Å²) < 4.78 is 32.8. The molecule has 1 saturated heterocycles. The van der Waals surface area contributed by atoms with Crippen LogP contribution in [0.15, 0.2) is 78.5 Å². The largest absolute Gasteiger partial charge is 0.497 e. The van der Waals surface area contributed by atoms with Crippen LogP contribution in [-0.2, 0) is 32.3 Å². The zero-order chi connectivity index (χ0) is 27.1. The van der Waals surface area contributed by atoms with Crippen LogP contribution in [-0.4, -0.2) is 31.9 Å². The first-order valence-corrected chi connectivity index (χ1v) is 11.9. The number of esters is 2. The van der Waals surface area contributed by atoms with Gasteiger partial charge in [0.1, 0.15) is 24.7 Å². The number of hydrogen-bond acceptors (Lipinski definition) is 9. The molecule has 1 aliphatic rings. The van der Waals surface area contributed by atoms with Gasteiger partial charge in [0.2, 0.25) is 0 Å². The number of carbonyl (C=O) groups excluding carboxylic acids is 2. The zero-order valence-corrected chi connectivity index (χ0v) is 21.6. The van der Waals surface area contributed by atoms with E-state index in [2.05, 4.69) is 5.32 Å². The number of rotatable bonds is 10. The van der Waals surface area contributed by atoms with E-state index in [-0.39, 0.29) is 12.2 Å². The summed E-state index contributed by atoms with van der Waals surface area (Å²) in [5.41, 5.74) is 2.20. The van der Waals surface area contributed by atoms with Crippen molar-refractivity contribution in [1.82, 2.24) is 0 Å². The third-order valence-corrected chi connectivity index (χ3v) is 5.55. The van der Waals surface area contributed by atoms with Crippen molar-refractivity contribution in [1.29, 1.82) is 0 Å². The number of benzene rings is 3. The lowest BCUT2D eigenvalue weighted by atomic mass is 10.2. The lowest BCUT2D eigenvalue weighted by Crippen LogP contribution is -2.42. The molecule has 3 aromatic carbocycles. The molecule has 3 aromatic rings. The predicted molar refractivity (Wildman–Crippen MR) is 139 cm³/mol. The SMILES string of the molecule is COc1ccc(COc2ccc(NC=C3C(=O)OC(C)(C)OC3=O)cc2OCc2ccc(OC)cc2)cc1. The van der Waals surface area contributed by atoms with Gasteiger partial charge in [0.05, 0.1) is 14.2 Å². The summed E-state index contributed by atoms with van der Waals surface area (Å²) in [6.07, 6.45) is 1.25. The van der Waals surface area contributed by atoms with Crippen LogP contribution in [0.25, 0.3) is 0 Å². The minimum atomic E-state index is -1.31. The molecule has 9 nitrogen and oxygen atoms in total. The first kappa shape index (κ1) is 26.4. The highest BCUT2D eigenvalue weighted by Crippen LogP contribution is 2.33. The lowest BCUT2D eigenvalue weighted by Gasteiger charge is -2.29. The minimum Gasteiger partial charge on any atom is -0.497 e. The smallest absolute Gasteiger partial charge is 0.350 e. The Morgan fingerprint density at radius 3 is 1.74 bits per heavy atom. The second-order valence-corrected chi connectivity index (χ2v) is 8.82. The molecule has 1 heterocycles. The van der Waals surface area contributed by atoms with Crippen LogP contribution in [0.3, 0.4) is 0 Å². The Bertz CT molecular complexity index is 1290. The topological polar surface area (TPSA) is 102 Å². The van der Waals surface area contributed by atoms with Crippen LogP contribution >= 0.6 is 0 Å². The van der Waals surface area contributed by atoms with Gasteiger partial charge in [0.25, 0.3) is 5.79 Å². The van der Waals surface area contributed by atoms with Crippen LogP contribution < -0.4 is 24.3 Å². The highest BCUT2D eigenvalue weighted by molar-refractivity contribution is 6.15. The summed E-state index contributed by atoms with van der Waals surface area (Å²) >= 11 is 0. The van der Waals surface area contributed by atoms with Crippen molar-refractivity contribution in [2.45, 2.75) is 32.8 Å². The Morgan fingerprint density at radius 1 is 0.737 bits per heavy atom. The maximum absolute atomic E-state index is 12.2. The molecule has 1 fully saturated rings. The first-order valence-electron chi connectivity index (χ1n) is 11.9. The van der Waals surface area contributed by atoms with Gasteiger partial charge in [-0.15, -0.1) is 0 Å². The van der Waals surface area contributed by atoms with Gasteiger partial charge in [-0.05, 0) is 47.5 Å². The molecule has 9 heteroatoms. The quantitative estimate of drug-likeness (QED) is 0.225. The maximum Gasteiger partial charge on any atom is 0.350 e. The van der Waals surface area contributed by atoms with E-state index in [9.17, 15) is 9.59 Å². The molecule has 38 heavy (non-hydrogen) atoms. The third-order valence-electron chi connectivity index (χ3n) is 5.55. The fourth-order valence-electron chi connectivity index (χ4n) is 3.53. The average Bonchev–Trinajstić information content (AvgIpc) is 2.90. The molecule has 1 N–H and O–H groups in total. The van der Waals surface area contributed by atoms with Crippen molar-refractivity contribution >= 4 is 17.6 Å². The standard InChI is InChI=1S/C29H29NO8/c1-29(2)37-27(31)24(28(32)38-29)16-30-21-9-14-25(35-17-19-5-10-22(33-3)11-6-19)26(15-21)36-18-20-7-12-23(34-4)13-8-20/h5-16,30H,17-18H2,1-4H3. The molecule has 0 spiro atoms. The second kappa shape index (κ2) is 11.6. The number of carbonyl (C=O) groups is 2. The monoisotopic (exact) mass is 519 g/mol. The van der Waals surface area contributed by atoms with E-state index in [1.807, 2.05) is 48.5 Å². The number of ether oxygens (including phenoxy) is 6. The van der Waals surface area contributed by atoms with E-state index in [0.717, 1.165) is 22.6 Å². The molecule has 0 unspecified atom stereocenters. The Labute approximate surface area is 220 Å². The van der Waals surface area contributed by atoms with E-state index in [4.69, 9.17) is 28.4 Å². The predicted octanol–water partition coefficient (Wildman–Crippen LogP) is 4.99. The zero-order valence-electron chi connectivity index (χ0n) is 21.6. The first-order chi connectivity index (χ1) is 18.3. The van der Waals surface area contributed by atoms with Crippen molar-refractivity contribution in [3.05, 3.63) is 89.6 Å². The van der Waals surface area contributed by atoms with E-state index < -0.39 is 17.7 Å². The van der Waals surface area contributed by atoms with Gasteiger partial charge in [0.15, 0.2) is 17.1 Å². The molecule has 0 aromatic heterocycles. The van der Waals surface area contributed by atoms with Crippen LogP contribution in [0.1, 0.15) is 25.0 Å².